The lowest BCUT2D eigenvalue weighted by Crippen LogP contribution is -2.26. The number of benzene rings is 1. The lowest BCUT2D eigenvalue weighted by atomic mass is 9.99. The Morgan fingerprint density at radius 1 is 1.20 bits per heavy atom. The van der Waals surface area contributed by atoms with Crippen LogP contribution in [-0.2, 0) is 19.1 Å². The molecule has 1 aromatic carbocycles. The summed E-state index contributed by atoms with van der Waals surface area (Å²) in [5.74, 6) is 0.306. The minimum atomic E-state index is -4.58. The minimum Gasteiger partial charge on any atom is -0.369 e. The zero-order valence-electron chi connectivity index (χ0n) is 13.2. The fraction of sp³-hybridized carbons (Fsp3) is 0.375. The van der Waals surface area contributed by atoms with Crippen molar-refractivity contribution in [3.8, 4) is 0 Å². The summed E-state index contributed by atoms with van der Waals surface area (Å²) in [6, 6.07) is 6.69. The van der Waals surface area contributed by atoms with Crippen LogP contribution >= 0.6 is 0 Å². The molecular weight excluding hydrogens is 333 g/mol. The van der Waals surface area contributed by atoms with E-state index in [1.54, 1.807) is 30.6 Å². The van der Waals surface area contributed by atoms with Gasteiger partial charge in [-0.25, -0.2) is 9.97 Å². The van der Waals surface area contributed by atoms with Crippen LogP contribution in [0.25, 0.3) is 10.9 Å². The van der Waals surface area contributed by atoms with Crippen molar-refractivity contribution >= 4 is 16.7 Å². The summed E-state index contributed by atoms with van der Waals surface area (Å²) in [4.78, 5) is 7.34. The Morgan fingerprint density at radius 3 is 2.88 bits per heavy atom. The van der Waals surface area contributed by atoms with Gasteiger partial charge < -0.3 is 9.88 Å². The zero-order chi connectivity index (χ0) is 17.4. The number of nitrogens with zero attached hydrogens (tertiary/aromatic N) is 5. The first kappa shape index (κ1) is 15.8. The molecule has 3 heterocycles. The average Bonchev–Trinajstić information content (AvgIpc) is 3.06. The Balaban J connectivity index is 1.58. The van der Waals surface area contributed by atoms with E-state index in [1.165, 1.54) is 0 Å². The minimum absolute atomic E-state index is 0.215. The van der Waals surface area contributed by atoms with Crippen molar-refractivity contribution < 1.29 is 13.2 Å². The van der Waals surface area contributed by atoms with E-state index in [-0.39, 0.29) is 17.3 Å². The van der Waals surface area contributed by atoms with Crippen molar-refractivity contribution in [3.63, 3.8) is 0 Å². The van der Waals surface area contributed by atoms with Gasteiger partial charge in [0, 0.05) is 24.9 Å². The molecule has 1 N–H and O–H groups in total. The van der Waals surface area contributed by atoms with Gasteiger partial charge in [0.1, 0.15) is 18.0 Å². The predicted molar refractivity (Wildman–Crippen MR) is 84.9 cm³/mol. The summed E-state index contributed by atoms with van der Waals surface area (Å²) in [6.45, 7) is 1.26. The maximum absolute atomic E-state index is 13.1. The molecule has 1 aliphatic heterocycles. The van der Waals surface area contributed by atoms with E-state index in [2.05, 4.69) is 25.5 Å². The van der Waals surface area contributed by atoms with E-state index < -0.39 is 12.0 Å². The molecule has 1 unspecified atom stereocenters. The van der Waals surface area contributed by atoms with Gasteiger partial charge >= 0.3 is 6.18 Å². The van der Waals surface area contributed by atoms with Gasteiger partial charge in [0.15, 0.2) is 0 Å². The third kappa shape index (κ3) is 3.13. The van der Waals surface area contributed by atoms with Gasteiger partial charge in [0.05, 0.1) is 5.52 Å². The zero-order valence-corrected chi connectivity index (χ0v) is 13.2. The number of nitrogens with one attached hydrogen (secondary N) is 1. The van der Waals surface area contributed by atoms with Crippen LogP contribution in [-0.4, -0.2) is 31.3 Å². The largest absolute Gasteiger partial charge is 0.451 e. The Labute approximate surface area is 141 Å². The summed E-state index contributed by atoms with van der Waals surface area (Å²) in [7, 11) is 0. The molecule has 0 radical (unpaired) electrons. The summed E-state index contributed by atoms with van der Waals surface area (Å²) < 4.78 is 41.1. The lowest BCUT2D eigenvalue weighted by Gasteiger charge is -2.23. The average molecular weight is 348 g/mol. The molecule has 3 aromatic rings. The summed E-state index contributed by atoms with van der Waals surface area (Å²) in [6.07, 6.45) is -1.18. The fourth-order valence-electron chi connectivity index (χ4n) is 3.07. The van der Waals surface area contributed by atoms with Crippen molar-refractivity contribution in [2.24, 2.45) is 5.92 Å². The highest BCUT2D eigenvalue weighted by Gasteiger charge is 2.35. The summed E-state index contributed by atoms with van der Waals surface area (Å²) >= 11 is 0. The van der Waals surface area contributed by atoms with Gasteiger partial charge in [-0.1, -0.05) is 12.1 Å². The summed E-state index contributed by atoms with van der Waals surface area (Å²) in [5.41, 5.74) is 0.275. The SMILES string of the molecule is FC(F)(F)c1nc(NCC2CCc3nncn3C2)c2ccccc2n1. The highest BCUT2D eigenvalue weighted by Crippen LogP contribution is 2.30. The Morgan fingerprint density at radius 2 is 2.04 bits per heavy atom. The normalized spacial score (nSPS) is 17.5. The Kier molecular flexibility index (Phi) is 3.78. The van der Waals surface area contributed by atoms with Crippen LogP contribution in [0.15, 0.2) is 30.6 Å². The number of rotatable bonds is 3. The number of hydrogen-bond donors (Lipinski definition) is 1. The predicted octanol–water partition coefficient (Wildman–Crippen LogP) is 2.91. The van der Waals surface area contributed by atoms with Crippen molar-refractivity contribution in [2.75, 3.05) is 11.9 Å². The number of halogens is 3. The molecule has 130 valence electrons. The molecule has 0 bridgehead atoms. The Hall–Kier alpha value is -2.71. The number of fused-ring (bicyclic) bond motifs is 2. The molecular formula is C16H15F3N6. The van der Waals surface area contributed by atoms with E-state index in [4.69, 9.17) is 0 Å². The number of aryl methyl sites for hydroxylation is 1. The molecule has 0 saturated carbocycles. The fourth-order valence-corrected chi connectivity index (χ4v) is 3.07. The standard InChI is InChI=1S/C16H15F3N6/c17-16(18,19)15-22-12-4-2-1-3-11(12)14(23-15)20-7-10-5-6-13-24-21-9-25(13)8-10/h1-4,9-10H,5-8H2,(H,20,22,23). The molecule has 0 spiro atoms. The molecule has 25 heavy (non-hydrogen) atoms. The highest BCUT2D eigenvalue weighted by atomic mass is 19.4. The third-order valence-electron chi connectivity index (χ3n) is 4.34. The number of anilines is 1. The molecule has 9 heteroatoms. The van der Waals surface area contributed by atoms with Crippen LogP contribution in [0.3, 0.4) is 0 Å². The molecule has 1 aliphatic rings. The Bertz CT molecular complexity index is 904. The first-order chi connectivity index (χ1) is 12.0. The molecule has 4 rings (SSSR count). The van der Waals surface area contributed by atoms with Gasteiger partial charge in [-0.05, 0) is 24.5 Å². The van der Waals surface area contributed by atoms with Crippen LogP contribution in [0.5, 0.6) is 0 Å². The molecule has 0 fully saturated rings. The van der Waals surface area contributed by atoms with Crippen molar-refractivity contribution in [2.45, 2.75) is 25.6 Å². The monoisotopic (exact) mass is 348 g/mol. The molecule has 6 nitrogen and oxygen atoms in total. The maximum atomic E-state index is 13.1. The molecule has 0 amide bonds. The van der Waals surface area contributed by atoms with E-state index in [1.807, 2.05) is 4.57 Å². The van der Waals surface area contributed by atoms with Gasteiger partial charge in [-0.3, -0.25) is 0 Å². The molecule has 0 aliphatic carbocycles. The van der Waals surface area contributed by atoms with Gasteiger partial charge in [-0.2, -0.15) is 13.2 Å². The van der Waals surface area contributed by atoms with Gasteiger partial charge in [0.2, 0.25) is 5.82 Å². The number of alkyl halides is 3. The van der Waals surface area contributed by atoms with Crippen LogP contribution in [0.1, 0.15) is 18.1 Å². The van der Waals surface area contributed by atoms with Gasteiger partial charge in [-0.15, -0.1) is 10.2 Å². The maximum Gasteiger partial charge on any atom is 0.451 e. The molecule has 2 aromatic heterocycles. The molecule has 0 saturated heterocycles. The second-order valence-corrected chi connectivity index (χ2v) is 6.10. The van der Waals surface area contributed by atoms with Crippen molar-refractivity contribution in [1.29, 1.82) is 0 Å². The molecule has 1 atom stereocenters. The van der Waals surface area contributed by atoms with E-state index in [0.717, 1.165) is 25.2 Å². The highest BCUT2D eigenvalue weighted by molar-refractivity contribution is 5.89. The second kappa shape index (κ2) is 5.98. The van der Waals surface area contributed by atoms with Crippen LogP contribution in [0.4, 0.5) is 19.0 Å². The van der Waals surface area contributed by atoms with Crippen molar-refractivity contribution in [3.05, 3.63) is 42.2 Å². The van der Waals surface area contributed by atoms with Crippen molar-refractivity contribution in [1.82, 2.24) is 24.7 Å². The van der Waals surface area contributed by atoms with E-state index in [0.29, 0.717) is 11.9 Å². The topological polar surface area (TPSA) is 68.5 Å². The summed E-state index contributed by atoms with van der Waals surface area (Å²) in [5, 5.41) is 11.6. The number of aromatic nitrogens is 5. The van der Waals surface area contributed by atoms with Crippen LogP contribution in [0, 0.1) is 5.92 Å². The van der Waals surface area contributed by atoms with Gasteiger partial charge in [0.25, 0.3) is 0 Å². The first-order valence-electron chi connectivity index (χ1n) is 7.95. The van der Waals surface area contributed by atoms with E-state index >= 15 is 0 Å². The van der Waals surface area contributed by atoms with E-state index in [9.17, 15) is 13.2 Å². The first-order valence-corrected chi connectivity index (χ1v) is 7.95. The number of hydrogen-bond acceptors (Lipinski definition) is 5. The smallest absolute Gasteiger partial charge is 0.369 e. The van der Waals surface area contributed by atoms with Crippen LogP contribution in [0.2, 0.25) is 0 Å². The second-order valence-electron chi connectivity index (χ2n) is 6.10. The quantitative estimate of drug-likeness (QED) is 0.788. The number of para-hydroxylation sites is 1. The lowest BCUT2D eigenvalue weighted by molar-refractivity contribution is -0.144. The third-order valence-corrected chi connectivity index (χ3v) is 4.34. The van der Waals surface area contributed by atoms with Crippen LogP contribution < -0.4 is 5.32 Å².